The molecular formula is C19H23FN2O. The van der Waals surface area contributed by atoms with Crippen LogP contribution in [0.15, 0.2) is 48.5 Å². The van der Waals surface area contributed by atoms with Gasteiger partial charge in [0, 0.05) is 18.7 Å². The fourth-order valence-electron chi connectivity index (χ4n) is 2.47. The summed E-state index contributed by atoms with van der Waals surface area (Å²) in [6.07, 6.45) is 1.80. The largest absolute Gasteiger partial charge is 0.326 e. The zero-order valence-electron chi connectivity index (χ0n) is 13.6. The van der Waals surface area contributed by atoms with Crippen molar-refractivity contribution in [3.05, 3.63) is 65.5 Å². The number of amides is 1. The lowest BCUT2D eigenvalue weighted by Crippen LogP contribution is -2.29. The van der Waals surface area contributed by atoms with Crippen molar-refractivity contribution >= 4 is 11.6 Å². The lowest BCUT2D eigenvalue weighted by Gasteiger charge is -2.14. The molecule has 23 heavy (non-hydrogen) atoms. The number of carbonyl (C=O) groups excluding carboxylic acids is 1. The monoisotopic (exact) mass is 314 g/mol. The highest BCUT2D eigenvalue weighted by Crippen LogP contribution is 2.10. The van der Waals surface area contributed by atoms with Crippen molar-refractivity contribution in [2.45, 2.75) is 32.7 Å². The number of nitrogens with one attached hydrogen (secondary N) is 2. The SMILES string of the molecule is CC(=O)Nc1ccc(CCN[C@H](C)Cc2ccc(F)cc2)cc1. The molecule has 0 unspecified atom stereocenters. The fourth-order valence-corrected chi connectivity index (χ4v) is 2.47. The highest BCUT2D eigenvalue weighted by molar-refractivity contribution is 5.88. The molecule has 0 aromatic heterocycles. The van der Waals surface area contributed by atoms with Crippen LogP contribution in [0.25, 0.3) is 0 Å². The topological polar surface area (TPSA) is 41.1 Å². The van der Waals surface area contributed by atoms with Crippen LogP contribution in [0.1, 0.15) is 25.0 Å². The number of hydrogen-bond donors (Lipinski definition) is 2. The molecule has 0 radical (unpaired) electrons. The molecule has 0 aliphatic heterocycles. The Hall–Kier alpha value is -2.20. The average Bonchev–Trinajstić information content (AvgIpc) is 2.51. The Kier molecular flexibility index (Phi) is 6.29. The highest BCUT2D eigenvalue weighted by atomic mass is 19.1. The van der Waals surface area contributed by atoms with Crippen molar-refractivity contribution in [3.8, 4) is 0 Å². The third-order valence-corrected chi connectivity index (χ3v) is 3.64. The minimum absolute atomic E-state index is 0.0611. The van der Waals surface area contributed by atoms with Crippen LogP contribution < -0.4 is 10.6 Å². The van der Waals surface area contributed by atoms with Gasteiger partial charge in [0.2, 0.25) is 5.91 Å². The lowest BCUT2D eigenvalue weighted by atomic mass is 10.1. The molecule has 1 amide bonds. The van der Waals surface area contributed by atoms with Crippen LogP contribution in [0.3, 0.4) is 0 Å². The quantitative estimate of drug-likeness (QED) is 0.820. The first-order chi connectivity index (χ1) is 11.0. The Labute approximate surface area is 136 Å². The van der Waals surface area contributed by atoms with Crippen molar-refractivity contribution in [2.24, 2.45) is 0 Å². The molecule has 0 fully saturated rings. The zero-order valence-corrected chi connectivity index (χ0v) is 13.6. The summed E-state index contributed by atoms with van der Waals surface area (Å²) in [5.41, 5.74) is 3.17. The van der Waals surface area contributed by atoms with E-state index in [0.717, 1.165) is 30.6 Å². The molecule has 4 heteroatoms. The molecular weight excluding hydrogens is 291 g/mol. The van der Waals surface area contributed by atoms with E-state index in [1.165, 1.54) is 24.6 Å². The van der Waals surface area contributed by atoms with Gasteiger partial charge in [0.1, 0.15) is 5.82 Å². The van der Waals surface area contributed by atoms with Crippen LogP contribution in [-0.4, -0.2) is 18.5 Å². The molecule has 3 nitrogen and oxygen atoms in total. The average molecular weight is 314 g/mol. The number of carbonyl (C=O) groups is 1. The second kappa shape index (κ2) is 8.44. The number of hydrogen-bond acceptors (Lipinski definition) is 2. The number of halogens is 1. The van der Waals surface area contributed by atoms with E-state index in [0.29, 0.717) is 6.04 Å². The second-order valence-electron chi connectivity index (χ2n) is 5.81. The van der Waals surface area contributed by atoms with E-state index in [1.807, 2.05) is 36.4 Å². The van der Waals surface area contributed by atoms with Crippen molar-refractivity contribution in [2.75, 3.05) is 11.9 Å². The minimum atomic E-state index is -0.197. The van der Waals surface area contributed by atoms with Gasteiger partial charge >= 0.3 is 0 Å². The molecule has 1 atom stereocenters. The maximum absolute atomic E-state index is 12.9. The molecule has 0 heterocycles. The van der Waals surface area contributed by atoms with Gasteiger partial charge in [-0.25, -0.2) is 4.39 Å². The molecule has 0 saturated carbocycles. The first-order valence-electron chi connectivity index (χ1n) is 7.87. The highest BCUT2D eigenvalue weighted by Gasteiger charge is 2.03. The van der Waals surface area contributed by atoms with Gasteiger partial charge in [-0.15, -0.1) is 0 Å². The van der Waals surface area contributed by atoms with Crippen LogP contribution in [0, 0.1) is 5.82 Å². The molecule has 0 spiro atoms. The summed E-state index contributed by atoms with van der Waals surface area (Å²) in [6, 6.07) is 14.9. The Morgan fingerprint density at radius 3 is 2.26 bits per heavy atom. The predicted octanol–water partition coefficient (Wildman–Crippen LogP) is 3.55. The van der Waals surface area contributed by atoms with E-state index in [-0.39, 0.29) is 11.7 Å². The van der Waals surface area contributed by atoms with E-state index in [9.17, 15) is 9.18 Å². The van der Waals surface area contributed by atoms with Gasteiger partial charge < -0.3 is 10.6 Å². The Balaban J connectivity index is 1.73. The molecule has 0 bridgehead atoms. The maximum atomic E-state index is 12.9. The van der Waals surface area contributed by atoms with Gasteiger partial charge in [-0.1, -0.05) is 24.3 Å². The van der Waals surface area contributed by atoms with Crippen molar-refractivity contribution in [1.29, 1.82) is 0 Å². The van der Waals surface area contributed by atoms with Crippen LogP contribution in [-0.2, 0) is 17.6 Å². The predicted molar refractivity (Wildman–Crippen MR) is 92.0 cm³/mol. The van der Waals surface area contributed by atoms with Crippen LogP contribution in [0.2, 0.25) is 0 Å². The molecule has 2 aromatic carbocycles. The summed E-state index contributed by atoms with van der Waals surface area (Å²) in [4.78, 5) is 11.0. The van der Waals surface area contributed by atoms with Gasteiger partial charge in [-0.05, 0) is 61.7 Å². The Morgan fingerprint density at radius 2 is 1.65 bits per heavy atom. The summed E-state index contributed by atoms with van der Waals surface area (Å²) in [6.45, 7) is 4.51. The van der Waals surface area contributed by atoms with Gasteiger partial charge in [-0.2, -0.15) is 0 Å². The smallest absolute Gasteiger partial charge is 0.221 e. The number of anilines is 1. The third-order valence-electron chi connectivity index (χ3n) is 3.64. The molecule has 2 rings (SSSR count). The molecule has 122 valence electrons. The number of benzene rings is 2. The summed E-state index contributed by atoms with van der Waals surface area (Å²) in [5.74, 6) is -0.258. The fraction of sp³-hybridized carbons (Fsp3) is 0.316. The van der Waals surface area contributed by atoms with E-state index in [1.54, 1.807) is 0 Å². The third kappa shape index (κ3) is 6.20. The lowest BCUT2D eigenvalue weighted by molar-refractivity contribution is -0.114. The first-order valence-corrected chi connectivity index (χ1v) is 7.87. The summed E-state index contributed by atoms with van der Waals surface area (Å²) < 4.78 is 12.9. The van der Waals surface area contributed by atoms with E-state index in [4.69, 9.17) is 0 Å². The van der Waals surface area contributed by atoms with Crippen LogP contribution in [0.4, 0.5) is 10.1 Å². The Bertz CT molecular complexity index is 623. The zero-order chi connectivity index (χ0) is 16.7. The number of rotatable bonds is 7. The van der Waals surface area contributed by atoms with Gasteiger partial charge in [0.05, 0.1) is 0 Å². The summed E-state index contributed by atoms with van der Waals surface area (Å²) in [5, 5.41) is 6.23. The van der Waals surface area contributed by atoms with Crippen LogP contribution in [0.5, 0.6) is 0 Å². The molecule has 0 saturated heterocycles. The van der Waals surface area contributed by atoms with E-state index in [2.05, 4.69) is 17.6 Å². The summed E-state index contributed by atoms with van der Waals surface area (Å²) in [7, 11) is 0. The second-order valence-corrected chi connectivity index (χ2v) is 5.81. The van der Waals surface area contributed by atoms with Crippen LogP contribution >= 0.6 is 0 Å². The normalized spacial score (nSPS) is 12.0. The van der Waals surface area contributed by atoms with Crippen molar-refractivity contribution in [1.82, 2.24) is 5.32 Å². The van der Waals surface area contributed by atoms with E-state index < -0.39 is 0 Å². The standard InChI is InChI=1S/C19H23FN2O/c1-14(13-17-3-7-18(20)8-4-17)21-12-11-16-5-9-19(10-6-16)22-15(2)23/h3-10,14,21H,11-13H2,1-2H3,(H,22,23)/t14-/m1/s1. The van der Waals surface area contributed by atoms with Gasteiger partial charge in [0.25, 0.3) is 0 Å². The molecule has 2 N–H and O–H groups in total. The molecule has 2 aromatic rings. The molecule has 0 aliphatic rings. The van der Waals surface area contributed by atoms with E-state index >= 15 is 0 Å². The van der Waals surface area contributed by atoms with Gasteiger partial charge in [-0.3, -0.25) is 4.79 Å². The maximum Gasteiger partial charge on any atom is 0.221 e. The van der Waals surface area contributed by atoms with Crippen molar-refractivity contribution < 1.29 is 9.18 Å². The summed E-state index contributed by atoms with van der Waals surface area (Å²) >= 11 is 0. The van der Waals surface area contributed by atoms with Crippen molar-refractivity contribution in [3.63, 3.8) is 0 Å². The molecule has 0 aliphatic carbocycles. The first kappa shape index (κ1) is 17.2. The van der Waals surface area contributed by atoms with Gasteiger partial charge in [0.15, 0.2) is 0 Å². The Morgan fingerprint density at radius 1 is 1.04 bits per heavy atom. The minimum Gasteiger partial charge on any atom is -0.326 e.